The van der Waals surface area contributed by atoms with Crippen molar-refractivity contribution >= 4 is 11.9 Å². The quantitative estimate of drug-likeness (QED) is 0.737. The van der Waals surface area contributed by atoms with Crippen molar-refractivity contribution in [3.05, 3.63) is 65.2 Å². The summed E-state index contributed by atoms with van der Waals surface area (Å²) in [6, 6.07) is 10.8. The van der Waals surface area contributed by atoms with Crippen LogP contribution in [0.3, 0.4) is 0 Å². The van der Waals surface area contributed by atoms with Gasteiger partial charge in [0.2, 0.25) is 5.91 Å². The number of nitrogens with zero attached hydrogens (tertiary/aromatic N) is 1. The van der Waals surface area contributed by atoms with Crippen molar-refractivity contribution in [2.24, 2.45) is 0 Å². The molecule has 0 saturated carbocycles. The van der Waals surface area contributed by atoms with E-state index in [0.29, 0.717) is 12.0 Å². The molecule has 0 bridgehead atoms. The van der Waals surface area contributed by atoms with Crippen molar-refractivity contribution in [3.63, 3.8) is 0 Å². The summed E-state index contributed by atoms with van der Waals surface area (Å²) >= 11 is 0. The lowest BCUT2D eigenvalue weighted by molar-refractivity contribution is -0.137. The first-order valence-electron chi connectivity index (χ1n) is 8.53. The van der Waals surface area contributed by atoms with Crippen LogP contribution in [0.4, 0.5) is 13.2 Å². The third-order valence-electron chi connectivity index (χ3n) is 4.16. The first-order chi connectivity index (χ1) is 13.2. The average molecular weight is 395 g/mol. The lowest BCUT2D eigenvalue weighted by Gasteiger charge is -2.18. The van der Waals surface area contributed by atoms with Crippen LogP contribution in [0.25, 0.3) is 0 Å². The van der Waals surface area contributed by atoms with E-state index in [2.05, 4.69) is 0 Å². The van der Waals surface area contributed by atoms with E-state index in [9.17, 15) is 22.8 Å². The van der Waals surface area contributed by atoms with Gasteiger partial charge in [-0.15, -0.1) is 0 Å². The fourth-order valence-corrected chi connectivity index (χ4v) is 2.54. The number of carboxylic acids is 1. The number of ether oxygens (including phenoxy) is 1. The molecule has 1 amide bonds. The monoisotopic (exact) mass is 395 g/mol. The minimum atomic E-state index is -4.40. The van der Waals surface area contributed by atoms with E-state index in [1.165, 1.54) is 23.1 Å². The average Bonchev–Trinajstić information content (AvgIpc) is 2.65. The third-order valence-corrected chi connectivity index (χ3v) is 4.16. The summed E-state index contributed by atoms with van der Waals surface area (Å²) in [5.41, 5.74) is -0.00451. The predicted octanol–water partition coefficient (Wildman–Crippen LogP) is 3.87. The highest BCUT2D eigenvalue weighted by Gasteiger charge is 2.30. The summed E-state index contributed by atoms with van der Waals surface area (Å²) in [4.78, 5) is 24.8. The van der Waals surface area contributed by atoms with Gasteiger partial charge in [0.05, 0.1) is 17.7 Å². The van der Waals surface area contributed by atoms with Crippen molar-refractivity contribution in [1.82, 2.24) is 4.90 Å². The smallest absolute Gasteiger partial charge is 0.416 e. The Balaban J connectivity index is 1.79. The maximum atomic E-state index is 12.5. The summed E-state index contributed by atoms with van der Waals surface area (Å²) in [7, 11) is 1.58. The molecule has 2 rings (SSSR count). The second-order valence-corrected chi connectivity index (χ2v) is 6.15. The molecule has 28 heavy (non-hydrogen) atoms. The van der Waals surface area contributed by atoms with Crippen LogP contribution in [-0.4, -0.2) is 42.1 Å². The Labute approximate surface area is 160 Å². The molecule has 0 atom stereocenters. The van der Waals surface area contributed by atoms with Gasteiger partial charge in [-0.3, -0.25) is 4.79 Å². The number of carbonyl (C=O) groups excluding carboxylic acids is 1. The van der Waals surface area contributed by atoms with Crippen molar-refractivity contribution in [3.8, 4) is 5.75 Å². The summed E-state index contributed by atoms with van der Waals surface area (Å²) in [5, 5.41) is 9.15. The molecule has 0 spiro atoms. The lowest BCUT2D eigenvalue weighted by Crippen LogP contribution is -2.31. The Morgan fingerprint density at radius 2 is 1.71 bits per heavy atom. The van der Waals surface area contributed by atoms with Gasteiger partial charge in [-0.2, -0.15) is 13.2 Å². The Kier molecular flexibility index (Phi) is 7.03. The molecular weight excluding hydrogens is 375 g/mol. The molecule has 0 aliphatic rings. The van der Waals surface area contributed by atoms with Crippen LogP contribution in [-0.2, 0) is 17.4 Å². The van der Waals surface area contributed by atoms with Crippen molar-refractivity contribution in [1.29, 1.82) is 0 Å². The molecule has 2 aromatic rings. The second-order valence-electron chi connectivity index (χ2n) is 6.15. The van der Waals surface area contributed by atoms with Gasteiger partial charge in [-0.25, -0.2) is 4.79 Å². The standard InChI is InChI=1S/C20H20F3NO4/c1-24(12-13-28-16-9-7-15(8-10-16)20(21,22)23)18(25)11-6-14-4-2-3-5-17(14)19(26)27/h2-5,7-10H,6,11-13H2,1H3,(H,26,27). The van der Waals surface area contributed by atoms with E-state index in [1.807, 2.05) is 0 Å². The zero-order chi connectivity index (χ0) is 20.7. The number of benzene rings is 2. The van der Waals surface area contributed by atoms with E-state index >= 15 is 0 Å². The zero-order valence-corrected chi connectivity index (χ0v) is 15.2. The normalized spacial score (nSPS) is 11.1. The first kappa shape index (κ1) is 21.3. The molecule has 0 unspecified atom stereocenters. The van der Waals surface area contributed by atoms with Crippen LogP contribution in [0.5, 0.6) is 5.75 Å². The summed E-state index contributed by atoms with van der Waals surface area (Å²) in [6.07, 6.45) is -3.96. The Hall–Kier alpha value is -3.03. The second kappa shape index (κ2) is 9.25. The SMILES string of the molecule is CN(CCOc1ccc(C(F)(F)F)cc1)C(=O)CCc1ccccc1C(=O)O. The number of carbonyl (C=O) groups is 2. The minimum Gasteiger partial charge on any atom is -0.492 e. The van der Waals surface area contributed by atoms with E-state index in [1.54, 1.807) is 25.2 Å². The third kappa shape index (κ3) is 6.00. The van der Waals surface area contributed by atoms with Crippen LogP contribution < -0.4 is 4.74 Å². The van der Waals surface area contributed by atoms with E-state index in [0.717, 1.165) is 12.1 Å². The van der Waals surface area contributed by atoms with Gasteiger partial charge in [0.1, 0.15) is 12.4 Å². The molecule has 0 aromatic heterocycles. The molecule has 0 fully saturated rings. The van der Waals surface area contributed by atoms with Crippen LogP contribution in [0.1, 0.15) is 27.9 Å². The number of halogens is 3. The van der Waals surface area contributed by atoms with Crippen molar-refractivity contribution in [2.45, 2.75) is 19.0 Å². The molecule has 8 heteroatoms. The Morgan fingerprint density at radius 1 is 1.07 bits per heavy atom. The minimum absolute atomic E-state index is 0.124. The lowest BCUT2D eigenvalue weighted by atomic mass is 10.0. The van der Waals surface area contributed by atoms with Crippen LogP contribution in [0.15, 0.2) is 48.5 Å². The topological polar surface area (TPSA) is 66.8 Å². The van der Waals surface area contributed by atoms with Gasteiger partial charge >= 0.3 is 12.1 Å². The molecule has 0 radical (unpaired) electrons. The van der Waals surface area contributed by atoms with E-state index in [-0.39, 0.29) is 36.8 Å². The first-order valence-corrected chi connectivity index (χ1v) is 8.53. The fraction of sp³-hybridized carbons (Fsp3) is 0.300. The van der Waals surface area contributed by atoms with Crippen molar-refractivity contribution < 1.29 is 32.6 Å². The van der Waals surface area contributed by atoms with Crippen molar-refractivity contribution in [2.75, 3.05) is 20.2 Å². The highest BCUT2D eigenvalue weighted by molar-refractivity contribution is 5.89. The fourth-order valence-electron chi connectivity index (χ4n) is 2.54. The predicted molar refractivity (Wildman–Crippen MR) is 96.3 cm³/mol. The van der Waals surface area contributed by atoms with Gasteiger partial charge in [0, 0.05) is 13.5 Å². The largest absolute Gasteiger partial charge is 0.492 e. The van der Waals surface area contributed by atoms with E-state index < -0.39 is 17.7 Å². The number of aromatic carboxylic acids is 1. The van der Waals surface area contributed by atoms with Gasteiger partial charge in [-0.1, -0.05) is 18.2 Å². The molecule has 150 valence electrons. The number of amides is 1. The summed E-state index contributed by atoms with van der Waals surface area (Å²) in [6.45, 7) is 0.375. The maximum absolute atomic E-state index is 12.5. The molecule has 0 saturated heterocycles. The number of alkyl halides is 3. The highest BCUT2D eigenvalue weighted by atomic mass is 19.4. The van der Waals surface area contributed by atoms with Gasteiger partial charge in [-0.05, 0) is 42.3 Å². The van der Waals surface area contributed by atoms with Crippen LogP contribution >= 0.6 is 0 Å². The highest BCUT2D eigenvalue weighted by Crippen LogP contribution is 2.30. The molecule has 0 heterocycles. The van der Waals surface area contributed by atoms with Crippen LogP contribution in [0.2, 0.25) is 0 Å². The molecule has 5 nitrogen and oxygen atoms in total. The van der Waals surface area contributed by atoms with Gasteiger partial charge in [0.15, 0.2) is 0 Å². The van der Waals surface area contributed by atoms with Gasteiger partial charge < -0.3 is 14.7 Å². The number of hydrogen-bond donors (Lipinski definition) is 1. The molecule has 2 aromatic carbocycles. The Morgan fingerprint density at radius 3 is 2.32 bits per heavy atom. The molecular formula is C20H20F3NO4. The molecule has 1 N–H and O–H groups in total. The Bertz CT molecular complexity index is 819. The zero-order valence-electron chi connectivity index (χ0n) is 15.2. The summed E-state index contributed by atoms with van der Waals surface area (Å²) in [5.74, 6) is -0.943. The number of carboxylic acid groups (broad SMARTS) is 1. The number of hydrogen-bond acceptors (Lipinski definition) is 3. The summed E-state index contributed by atoms with van der Waals surface area (Å²) < 4.78 is 42.9. The van der Waals surface area contributed by atoms with Gasteiger partial charge in [0.25, 0.3) is 0 Å². The maximum Gasteiger partial charge on any atom is 0.416 e. The number of likely N-dealkylation sites (N-methyl/N-ethyl adjacent to an activating group) is 1. The van der Waals surface area contributed by atoms with E-state index in [4.69, 9.17) is 9.84 Å². The molecule has 0 aliphatic carbocycles. The van der Waals surface area contributed by atoms with Crippen LogP contribution in [0, 0.1) is 0 Å². The molecule has 0 aliphatic heterocycles. The number of aryl methyl sites for hydroxylation is 1. The number of rotatable bonds is 8.